The third-order valence-electron chi connectivity index (χ3n) is 4.99. The van der Waals surface area contributed by atoms with Gasteiger partial charge >= 0.3 is 12.1 Å². The number of amides is 1. The number of fused-ring (bicyclic) bond motifs is 1. The van der Waals surface area contributed by atoms with Gasteiger partial charge in [0.1, 0.15) is 5.60 Å². The Kier molecular flexibility index (Phi) is 6.32. The van der Waals surface area contributed by atoms with Crippen molar-refractivity contribution in [3.8, 4) is 0 Å². The van der Waals surface area contributed by atoms with E-state index in [1.54, 1.807) is 18.0 Å². The third kappa shape index (κ3) is 4.99. The van der Waals surface area contributed by atoms with E-state index >= 15 is 0 Å². The Morgan fingerprint density at radius 1 is 1.28 bits per heavy atom. The Hall–Kier alpha value is -2.34. The van der Waals surface area contributed by atoms with E-state index in [9.17, 15) is 9.59 Å². The van der Waals surface area contributed by atoms with Gasteiger partial charge in [-0.15, -0.1) is 0 Å². The SMILES string of the molecule is CCOC(=O)[C@H]1CN(C(=O)OC(C)(C)C)CC[C@@H]1c1ccnc2cc(Cl)ccc12. The van der Waals surface area contributed by atoms with E-state index in [1.807, 2.05) is 45.0 Å². The van der Waals surface area contributed by atoms with Crippen molar-refractivity contribution in [2.24, 2.45) is 5.92 Å². The molecule has 0 bridgehead atoms. The van der Waals surface area contributed by atoms with Crippen LogP contribution in [0.4, 0.5) is 4.79 Å². The lowest BCUT2D eigenvalue weighted by molar-refractivity contribution is -0.150. The second-order valence-electron chi connectivity index (χ2n) is 8.24. The highest BCUT2D eigenvalue weighted by atomic mass is 35.5. The van der Waals surface area contributed by atoms with Gasteiger partial charge in [0.25, 0.3) is 0 Å². The van der Waals surface area contributed by atoms with Crippen LogP contribution < -0.4 is 0 Å². The minimum absolute atomic E-state index is 0.0839. The molecule has 1 aromatic heterocycles. The first-order valence-corrected chi connectivity index (χ1v) is 10.3. The fourth-order valence-electron chi connectivity index (χ4n) is 3.77. The maximum absolute atomic E-state index is 12.8. The molecular formula is C22H27ClN2O4. The molecule has 1 fully saturated rings. The number of hydrogen-bond acceptors (Lipinski definition) is 5. The molecule has 0 spiro atoms. The number of hydrogen-bond donors (Lipinski definition) is 0. The molecule has 29 heavy (non-hydrogen) atoms. The highest BCUT2D eigenvalue weighted by Gasteiger charge is 2.39. The minimum Gasteiger partial charge on any atom is -0.466 e. The molecule has 2 aromatic rings. The van der Waals surface area contributed by atoms with Crippen LogP contribution >= 0.6 is 11.6 Å². The smallest absolute Gasteiger partial charge is 0.410 e. The number of esters is 1. The zero-order valence-electron chi connectivity index (χ0n) is 17.3. The molecule has 156 valence electrons. The third-order valence-corrected chi connectivity index (χ3v) is 5.23. The molecule has 0 radical (unpaired) electrons. The van der Waals surface area contributed by atoms with Gasteiger partial charge in [0.05, 0.1) is 18.0 Å². The van der Waals surface area contributed by atoms with Crippen molar-refractivity contribution in [1.29, 1.82) is 0 Å². The Balaban J connectivity index is 1.93. The van der Waals surface area contributed by atoms with Crippen molar-refractivity contribution in [3.05, 3.63) is 41.0 Å². The molecule has 0 N–H and O–H groups in total. The molecule has 6 nitrogen and oxygen atoms in total. The number of likely N-dealkylation sites (tertiary alicyclic amines) is 1. The molecule has 0 saturated carbocycles. The maximum atomic E-state index is 12.8. The predicted molar refractivity (Wildman–Crippen MR) is 112 cm³/mol. The lowest BCUT2D eigenvalue weighted by Gasteiger charge is -2.38. The Morgan fingerprint density at radius 3 is 2.72 bits per heavy atom. The van der Waals surface area contributed by atoms with E-state index in [0.29, 0.717) is 24.6 Å². The van der Waals surface area contributed by atoms with E-state index in [1.165, 1.54) is 0 Å². The average Bonchev–Trinajstić information content (AvgIpc) is 2.65. The maximum Gasteiger partial charge on any atom is 0.410 e. The van der Waals surface area contributed by atoms with Crippen molar-refractivity contribution >= 4 is 34.6 Å². The van der Waals surface area contributed by atoms with E-state index in [-0.39, 0.29) is 18.4 Å². The molecule has 3 rings (SSSR count). The summed E-state index contributed by atoms with van der Waals surface area (Å²) in [7, 11) is 0. The van der Waals surface area contributed by atoms with Gasteiger partial charge in [0, 0.05) is 35.6 Å². The summed E-state index contributed by atoms with van der Waals surface area (Å²) in [5, 5.41) is 1.57. The molecule has 1 aromatic carbocycles. The molecule has 2 atom stereocenters. The second-order valence-corrected chi connectivity index (χ2v) is 8.68. The molecule has 0 unspecified atom stereocenters. The number of aromatic nitrogens is 1. The summed E-state index contributed by atoms with van der Waals surface area (Å²) in [4.78, 5) is 31.4. The topological polar surface area (TPSA) is 68.7 Å². The van der Waals surface area contributed by atoms with Crippen molar-refractivity contribution < 1.29 is 19.1 Å². The average molecular weight is 419 g/mol. The summed E-state index contributed by atoms with van der Waals surface area (Å²) in [5.41, 5.74) is 1.22. The summed E-state index contributed by atoms with van der Waals surface area (Å²) in [6.07, 6.45) is 1.96. The molecule has 0 aliphatic carbocycles. The molecule has 7 heteroatoms. The van der Waals surface area contributed by atoms with Gasteiger partial charge in [-0.25, -0.2) is 4.79 Å². The summed E-state index contributed by atoms with van der Waals surface area (Å²) in [5.74, 6) is -0.860. The van der Waals surface area contributed by atoms with E-state index in [4.69, 9.17) is 21.1 Å². The molecule has 1 amide bonds. The van der Waals surface area contributed by atoms with Crippen LogP contribution in [0.2, 0.25) is 5.02 Å². The van der Waals surface area contributed by atoms with Crippen LogP contribution in [0.15, 0.2) is 30.5 Å². The van der Waals surface area contributed by atoms with Gasteiger partial charge in [-0.1, -0.05) is 17.7 Å². The standard InChI is InChI=1S/C22H27ClN2O4/c1-5-28-20(26)18-13-25(21(27)29-22(2,3)4)11-9-16(18)15-8-10-24-19-12-14(23)6-7-17(15)19/h6-8,10,12,16,18H,5,9,11,13H2,1-4H3/t16-,18+/m1/s1. The number of rotatable bonds is 3. The van der Waals surface area contributed by atoms with Crippen molar-refractivity contribution in [2.45, 2.75) is 45.6 Å². The van der Waals surface area contributed by atoms with Crippen LogP contribution in [0.5, 0.6) is 0 Å². The first kappa shape index (κ1) is 21.4. The van der Waals surface area contributed by atoms with E-state index in [2.05, 4.69) is 4.98 Å². The summed E-state index contributed by atoms with van der Waals surface area (Å²) in [6.45, 7) is 8.33. The fraction of sp³-hybridized carbons (Fsp3) is 0.500. The second kappa shape index (κ2) is 8.57. The number of nitrogens with zero attached hydrogens (tertiary/aromatic N) is 2. The van der Waals surface area contributed by atoms with Crippen LogP contribution in [0.25, 0.3) is 10.9 Å². The van der Waals surface area contributed by atoms with Crippen LogP contribution in [0.3, 0.4) is 0 Å². The van der Waals surface area contributed by atoms with Crippen LogP contribution in [-0.2, 0) is 14.3 Å². The Labute approximate surface area is 176 Å². The van der Waals surface area contributed by atoms with Gasteiger partial charge < -0.3 is 14.4 Å². The zero-order valence-corrected chi connectivity index (χ0v) is 18.0. The van der Waals surface area contributed by atoms with Crippen molar-refractivity contribution in [1.82, 2.24) is 9.88 Å². The number of ether oxygens (including phenoxy) is 2. The van der Waals surface area contributed by atoms with Gasteiger partial charge in [-0.3, -0.25) is 9.78 Å². The first-order chi connectivity index (χ1) is 13.7. The Morgan fingerprint density at radius 2 is 2.03 bits per heavy atom. The zero-order chi connectivity index (χ0) is 21.2. The predicted octanol–water partition coefficient (Wildman–Crippen LogP) is 4.79. The van der Waals surface area contributed by atoms with Crippen molar-refractivity contribution in [3.63, 3.8) is 0 Å². The largest absolute Gasteiger partial charge is 0.466 e. The summed E-state index contributed by atoms with van der Waals surface area (Å²) < 4.78 is 10.8. The lowest BCUT2D eigenvalue weighted by Crippen LogP contribution is -2.47. The summed E-state index contributed by atoms with van der Waals surface area (Å²) in [6, 6.07) is 7.51. The number of carbonyl (C=O) groups excluding carboxylic acids is 2. The van der Waals surface area contributed by atoms with Gasteiger partial charge in [-0.2, -0.15) is 0 Å². The van der Waals surface area contributed by atoms with Crippen LogP contribution in [0.1, 0.15) is 45.6 Å². The lowest BCUT2D eigenvalue weighted by atomic mass is 9.79. The number of pyridine rings is 1. The molecule has 1 saturated heterocycles. The highest BCUT2D eigenvalue weighted by Crippen LogP contribution is 2.38. The highest BCUT2D eigenvalue weighted by molar-refractivity contribution is 6.31. The fourth-order valence-corrected chi connectivity index (χ4v) is 3.94. The normalized spacial score (nSPS) is 19.8. The van der Waals surface area contributed by atoms with Gasteiger partial charge in [0.15, 0.2) is 0 Å². The number of halogens is 1. The van der Waals surface area contributed by atoms with E-state index in [0.717, 1.165) is 16.5 Å². The molecular weight excluding hydrogens is 392 g/mol. The van der Waals surface area contributed by atoms with Gasteiger partial charge in [-0.05, 0) is 57.9 Å². The number of carbonyl (C=O) groups is 2. The van der Waals surface area contributed by atoms with Crippen molar-refractivity contribution in [2.75, 3.05) is 19.7 Å². The Bertz CT molecular complexity index is 909. The van der Waals surface area contributed by atoms with Gasteiger partial charge in [0.2, 0.25) is 0 Å². The monoisotopic (exact) mass is 418 g/mol. The number of benzene rings is 1. The molecule has 2 heterocycles. The molecule has 1 aliphatic rings. The number of piperidine rings is 1. The first-order valence-electron chi connectivity index (χ1n) is 9.88. The molecule has 1 aliphatic heterocycles. The van der Waals surface area contributed by atoms with E-state index < -0.39 is 17.6 Å². The minimum atomic E-state index is -0.589. The van der Waals surface area contributed by atoms with Crippen LogP contribution in [0, 0.1) is 5.92 Å². The summed E-state index contributed by atoms with van der Waals surface area (Å²) >= 11 is 6.11. The van der Waals surface area contributed by atoms with Crippen LogP contribution in [-0.4, -0.2) is 47.2 Å². The quantitative estimate of drug-likeness (QED) is 0.670.